The van der Waals surface area contributed by atoms with Crippen LogP contribution in [0.25, 0.3) is 11.0 Å². The highest BCUT2D eigenvalue weighted by Crippen LogP contribution is 2.23. The molecule has 1 N–H and O–H groups in total. The minimum Gasteiger partial charge on any atom is -0.342 e. The zero-order valence-electron chi connectivity index (χ0n) is 15.0. The van der Waals surface area contributed by atoms with Crippen molar-refractivity contribution in [3.8, 4) is 0 Å². The van der Waals surface area contributed by atoms with Gasteiger partial charge in [-0.2, -0.15) is 0 Å². The van der Waals surface area contributed by atoms with E-state index in [4.69, 9.17) is 0 Å². The first-order valence-electron chi connectivity index (χ1n) is 9.51. The number of piperidine rings is 1. The van der Waals surface area contributed by atoms with Gasteiger partial charge in [0.05, 0.1) is 16.0 Å². The Kier molecular flexibility index (Phi) is 6.02. The molecule has 1 aromatic carbocycles. The van der Waals surface area contributed by atoms with Crippen molar-refractivity contribution in [2.75, 3.05) is 19.6 Å². The Morgan fingerprint density at radius 2 is 2.12 bits per heavy atom. The molecule has 0 unspecified atom stereocenters. The average Bonchev–Trinajstić information content (AvgIpc) is 3.02. The molecule has 0 aliphatic carbocycles. The Balaban J connectivity index is 1.45. The maximum atomic E-state index is 10.8. The van der Waals surface area contributed by atoms with Gasteiger partial charge in [0.2, 0.25) is 0 Å². The monoisotopic (exact) mass is 344 g/mol. The van der Waals surface area contributed by atoms with E-state index in [2.05, 4.69) is 21.8 Å². The molecule has 2 heterocycles. The number of hydrogen-bond acceptors (Lipinski definition) is 4. The summed E-state index contributed by atoms with van der Waals surface area (Å²) in [5.74, 6) is 1.86. The van der Waals surface area contributed by atoms with Crippen molar-refractivity contribution < 1.29 is 4.92 Å². The third-order valence-electron chi connectivity index (χ3n) is 5.29. The number of nitrogens with one attached hydrogen (secondary N) is 1. The van der Waals surface area contributed by atoms with Gasteiger partial charge in [0.25, 0.3) is 5.69 Å². The summed E-state index contributed by atoms with van der Waals surface area (Å²) < 4.78 is 0. The Hall–Kier alpha value is -1.95. The SMILES string of the molecule is CCCCC1CCN(CCCc2nc3ccc([N+](=O)[O-])cc3[nH]2)CC1. The number of aryl methyl sites for hydroxylation is 1. The molecule has 6 nitrogen and oxygen atoms in total. The van der Waals surface area contributed by atoms with E-state index in [1.807, 2.05) is 0 Å². The van der Waals surface area contributed by atoms with Crippen LogP contribution in [0.1, 0.15) is 51.3 Å². The van der Waals surface area contributed by atoms with E-state index in [1.165, 1.54) is 51.3 Å². The van der Waals surface area contributed by atoms with Crippen LogP contribution in [0.4, 0.5) is 5.69 Å². The summed E-state index contributed by atoms with van der Waals surface area (Å²) in [5, 5.41) is 10.8. The number of aromatic amines is 1. The van der Waals surface area contributed by atoms with Crippen LogP contribution in [0, 0.1) is 16.0 Å². The second-order valence-electron chi connectivity index (χ2n) is 7.17. The zero-order valence-corrected chi connectivity index (χ0v) is 15.0. The fourth-order valence-electron chi connectivity index (χ4n) is 3.74. The number of nitro benzene ring substituents is 1. The van der Waals surface area contributed by atoms with Crippen LogP contribution in [0.3, 0.4) is 0 Å². The van der Waals surface area contributed by atoms with Gasteiger partial charge >= 0.3 is 0 Å². The summed E-state index contributed by atoms with van der Waals surface area (Å²) in [6, 6.07) is 4.79. The lowest BCUT2D eigenvalue weighted by molar-refractivity contribution is -0.384. The van der Waals surface area contributed by atoms with Crippen LogP contribution < -0.4 is 0 Å². The van der Waals surface area contributed by atoms with Crippen LogP contribution >= 0.6 is 0 Å². The van der Waals surface area contributed by atoms with Crippen LogP contribution in [0.5, 0.6) is 0 Å². The quantitative estimate of drug-likeness (QED) is 0.572. The van der Waals surface area contributed by atoms with Gasteiger partial charge in [-0.25, -0.2) is 4.98 Å². The number of hydrogen-bond donors (Lipinski definition) is 1. The van der Waals surface area contributed by atoms with E-state index in [0.717, 1.165) is 42.2 Å². The molecule has 6 heteroatoms. The Morgan fingerprint density at radius 3 is 2.84 bits per heavy atom. The molecule has 0 atom stereocenters. The molecule has 1 aromatic heterocycles. The van der Waals surface area contributed by atoms with Crippen molar-refractivity contribution in [2.45, 2.75) is 51.9 Å². The lowest BCUT2D eigenvalue weighted by Crippen LogP contribution is -2.34. The molecule has 0 bridgehead atoms. The van der Waals surface area contributed by atoms with E-state index in [0.29, 0.717) is 0 Å². The van der Waals surface area contributed by atoms with Gasteiger partial charge in [0, 0.05) is 18.6 Å². The molecular formula is C19H28N4O2. The van der Waals surface area contributed by atoms with Gasteiger partial charge in [-0.05, 0) is 50.9 Å². The molecule has 0 spiro atoms. The molecule has 0 saturated carbocycles. The molecule has 1 aliphatic rings. The van der Waals surface area contributed by atoms with Crippen LogP contribution in [-0.4, -0.2) is 39.4 Å². The maximum Gasteiger partial charge on any atom is 0.271 e. The Labute approximate surface area is 148 Å². The van der Waals surface area contributed by atoms with Gasteiger partial charge < -0.3 is 9.88 Å². The number of rotatable bonds is 8. The highest BCUT2D eigenvalue weighted by molar-refractivity contribution is 5.77. The van der Waals surface area contributed by atoms with Crippen molar-refractivity contribution >= 4 is 16.7 Å². The third-order valence-corrected chi connectivity index (χ3v) is 5.29. The number of unbranched alkanes of at least 4 members (excludes halogenated alkanes) is 1. The topological polar surface area (TPSA) is 75.1 Å². The van der Waals surface area contributed by atoms with Crippen LogP contribution in [0.15, 0.2) is 18.2 Å². The summed E-state index contributed by atoms with van der Waals surface area (Å²) in [5.41, 5.74) is 1.66. The minimum atomic E-state index is -0.371. The van der Waals surface area contributed by atoms with Crippen LogP contribution in [0.2, 0.25) is 0 Å². The van der Waals surface area contributed by atoms with Crippen molar-refractivity contribution in [3.63, 3.8) is 0 Å². The number of nitro groups is 1. The number of likely N-dealkylation sites (tertiary alicyclic amines) is 1. The van der Waals surface area contributed by atoms with Gasteiger partial charge in [0.15, 0.2) is 0 Å². The second kappa shape index (κ2) is 8.43. The molecule has 0 amide bonds. The molecule has 0 radical (unpaired) electrons. The number of aromatic nitrogens is 2. The predicted octanol–water partition coefficient (Wildman–Crippen LogP) is 4.31. The molecule has 136 valence electrons. The number of fused-ring (bicyclic) bond motifs is 1. The lowest BCUT2D eigenvalue weighted by Gasteiger charge is -2.31. The first-order chi connectivity index (χ1) is 12.2. The summed E-state index contributed by atoms with van der Waals surface area (Å²) in [7, 11) is 0. The van der Waals surface area contributed by atoms with Crippen molar-refractivity contribution in [1.82, 2.24) is 14.9 Å². The highest BCUT2D eigenvalue weighted by atomic mass is 16.6. The molecule has 25 heavy (non-hydrogen) atoms. The maximum absolute atomic E-state index is 10.8. The summed E-state index contributed by atoms with van der Waals surface area (Å²) in [6.45, 7) is 5.82. The summed E-state index contributed by atoms with van der Waals surface area (Å²) in [4.78, 5) is 20.8. The van der Waals surface area contributed by atoms with E-state index in [9.17, 15) is 10.1 Å². The third kappa shape index (κ3) is 4.78. The number of non-ortho nitro benzene ring substituents is 1. The molecule has 1 aliphatic heterocycles. The first kappa shape index (κ1) is 17.9. The van der Waals surface area contributed by atoms with Crippen molar-refractivity contribution in [2.24, 2.45) is 5.92 Å². The van der Waals surface area contributed by atoms with E-state index < -0.39 is 0 Å². The second-order valence-corrected chi connectivity index (χ2v) is 7.17. The largest absolute Gasteiger partial charge is 0.342 e. The van der Waals surface area contributed by atoms with Gasteiger partial charge in [0.1, 0.15) is 5.82 Å². The predicted molar refractivity (Wildman–Crippen MR) is 99.8 cm³/mol. The number of H-pyrrole nitrogens is 1. The highest BCUT2D eigenvalue weighted by Gasteiger charge is 2.18. The zero-order chi connectivity index (χ0) is 17.6. The fraction of sp³-hybridized carbons (Fsp3) is 0.632. The van der Waals surface area contributed by atoms with E-state index in [1.54, 1.807) is 12.1 Å². The normalized spacial score (nSPS) is 16.5. The standard InChI is InChI=1S/C19H28N4O2/c1-2-3-5-15-9-12-22(13-10-15)11-4-6-19-20-17-8-7-16(23(24)25)14-18(17)21-19/h7-8,14-15H,2-6,9-13H2,1H3,(H,20,21). The summed E-state index contributed by atoms with van der Waals surface area (Å²) >= 11 is 0. The molecule has 3 rings (SSSR count). The van der Waals surface area contributed by atoms with Crippen LogP contribution in [-0.2, 0) is 6.42 Å². The molecular weight excluding hydrogens is 316 g/mol. The van der Waals surface area contributed by atoms with Gasteiger partial charge in [-0.1, -0.05) is 26.2 Å². The molecule has 1 fully saturated rings. The molecule has 2 aromatic rings. The van der Waals surface area contributed by atoms with E-state index >= 15 is 0 Å². The smallest absolute Gasteiger partial charge is 0.271 e. The van der Waals surface area contributed by atoms with Crippen molar-refractivity contribution in [3.05, 3.63) is 34.1 Å². The Bertz CT molecular complexity index is 705. The molecule has 1 saturated heterocycles. The fourth-order valence-corrected chi connectivity index (χ4v) is 3.74. The lowest BCUT2D eigenvalue weighted by atomic mass is 9.91. The average molecular weight is 344 g/mol. The number of benzene rings is 1. The first-order valence-corrected chi connectivity index (χ1v) is 9.51. The van der Waals surface area contributed by atoms with E-state index in [-0.39, 0.29) is 10.6 Å². The Morgan fingerprint density at radius 1 is 1.32 bits per heavy atom. The minimum absolute atomic E-state index is 0.105. The number of nitrogens with zero attached hydrogens (tertiary/aromatic N) is 3. The van der Waals surface area contributed by atoms with Gasteiger partial charge in [-0.15, -0.1) is 0 Å². The van der Waals surface area contributed by atoms with Crippen molar-refractivity contribution in [1.29, 1.82) is 0 Å². The number of imidazole rings is 1. The van der Waals surface area contributed by atoms with Gasteiger partial charge in [-0.3, -0.25) is 10.1 Å². The summed E-state index contributed by atoms with van der Waals surface area (Å²) in [6.07, 6.45) is 8.72.